The number of carbonyl (C=O) groups is 2. The summed E-state index contributed by atoms with van der Waals surface area (Å²) in [6, 6.07) is 7.76. The minimum absolute atomic E-state index is 0.0238. The van der Waals surface area contributed by atoms with E-state index in [9.17, 15) is 9.59 Å². The van der Waals surface area contributed by atoms with Crippen LogP contribution in [0, 0.1) is 0 Å². The van der Waals surface area contributed by atoms with Crippen molar-refractivity contribution in [1.82, 2.24) is 20.0 Å². The van der Waals surface area contributed by atoms with Gasteiger partial charge >= 0.3 is 0 Å². The molecule has 31 heavy (non-hydrogen) atoms. The van der Waals surface area contributed by atoms with Gasteiger partial charge in [-0.15, -0.1) is 0 Å². The number of aliphatic imine (C=N–C) groups is 1. The Morgan fingerprint density at radius 2 is 1.84 bits per heavy atom. The molecule has 0 bridgehead atoms. The number of methoxy groups -OCH3 is 1. The predicted octanol–water partition coefficient (Wildman–Crippen LogP) is 0.552. The summed E-state index contributed by atoms with van der Waals surface area (Å²) in [6.45, 7) is 3.86. The van der Waals surface area contributed by atoms with E-state index in [4.69, 9.17) is 14.5 Å². The second-order valence-electron chi connectivity index (χ2n) is 7.94. The van der Waals surface area contributed by atoms with E-state index in [0.717, 1.165) is 24.2 Å². The topological polar surface area (TPSA) is 86.7 Å². The molecule has 9 nitrogen and oxygen atoms in total. The highest BCUT2D eigenvalue weighted by molar-refractivity contribution is 5.87. The van der Waals surface area contributed by atoms with Crippen LogP contribution in [0.4, 0.5) is 0 Å². The van der Waals surface area contributed by atoms with E-state index in [1.165, 1.54) is 0 Å². The largest absolute Gasteiger partial charge is 0.497 e. The molecule has 2 fully saturated rings. The maximum atomic E-state index is 12.6. The van der Waals surface area contributed by atoms with Crippen molar-refractivity contribution in [2.75, 3.05) is 60.5 Å². The van der Waals surface area contributed by atoms with Crippen LogP contribution in [-0.2, 0) is 20.9 Å². The fourth-order valence-electron chi connectivity index (χ4n) is 3.59. The van der Waals surface area contributed by atoms with Gasteiger partial charge in [0.25, 0.3) is 5.91 Å². The Labute approximate surface area is 184 Å². The van der Waals surface area contributed by atoms with E-state index in [2.05, 4.69) is 10.2 Å². The average molecular weight is 432 g/mol. The second kappa shape index (κ2) is 11.0. The number of rotatable bonds is 6. The molecule has 0 aliphatic carbocycles. The quantitative estimate of drug-likeness (QED) is 0.523. The summed E-state index contributed by atoms with van der Waals surface area (Å²) in [4.78, 5) is 34.9. The molecule has 2 heterocycles. The number of ether oxygens (including phenoxy) is 2. The molecule has 1 aromatic rings. The molecule has 1 atom stereocenters. The lowest BCUT2D eigenvalue weighted by Crippen LogP contribution is -2.56. The number of nitrogens with one attached hydrogen (secondary N) is 1. The van der Waals surface area contributed by atoms with Crippen LogP contribution in [0.3, 0.4) is 0 Å². The van der Waals surface area contributed by atoms with Crippen LogP contribution in [0.25, 0.3) is 0 Å². The Hall–Kier alpha value is -2.81. The zero-order valence-electron chi connectivity index (χ0n) is 18.7. The van der Waals surface area contributed by atoms with Crippen LogP contribution in [0.5, 0.6) is 5.75 Å². The minimum atomic E-state index is -0.286. The lowest BCUT2D eigenvalue weighted by atomic mass is 10.2. The number of hydrogen-bond acceptors (Lipinski definition) is 5. The lowest BCUT2D eigenvalue weighted by molar-refractivity contribution is -0.142. The first kappa shape index (κ1) is 22.9. The van der Waals surface area contributed by atoms with Crippen LogP contribution >= 0.6 is 0 Å². The van der Waals surface area contributed by atoms with Crippen LogP contribution < -0.4 is 10.1 Å². The molecule has 0 radical (unpaired) electrons. The van der Waals surface area contributed by atoms with Gasteiger partial charge in [-0.1, -0.05) is 12.1 Å². The number of likely N-dealkylation sites (N-methyl/N-ethyl adjacent to an activating group) is 1. The number of guanidine groups is 1. The summed E-state index contributed by atoms with van der Waals surface area (Å²) >= 11 is 0. The van der Waals surface area contributed by atoms with Gasteiger partial charge in [-0.25, -0.2) is 4.99 Å². The van der Waals surface area contributed by atoms with Gasteiger partial charge in [0.15, 0.2) is 5.96 Å². The normalized spacial score (nSPS) is 19.3. The van der Waals surface area contributed by atoms with E-state index in [-0.39, 0.29) is 24.5 Å². The monoisotopic (exact) mass is 431 g/mol. The summed E-state index contributed by atoms with van der Waals surface area (Å²) in [6.07, 6.45) is 1.47. The standard InChI is InChI=1S/C22H33N5O4/c1-25(2)20(28)16-24-22(23-15-17-6-8-18(30-3)9-7-17)27-12-10-26(11-13-27)21(29)19-5-4-14-31-19/h6-9,19H,4-5,10-16H2,1-3H3,(H,23,24). The number of amides is 2. The molecule has 1 aromatic carbocycles. The molecule has 0 saturated carbocycles. The number of carbonyl (C=O) groups excluding carboxylic acids is 2. The van der Waals surface area contributed by atoms with E-state index >= 15 is 0 Å². The molecular formula is C22H33N5O4. The summed E-state index contributed by atoms with van der Waals surface area (Å²) < 4.78 is 10.7. The fraction of sp³-hybridized carbons (Fsp3) is 0.591. The molecular weight excluding hydrogens is 398 g/mol. The Balaban J connectivity index is 1.62. The third kappa shape index (κ3) is 6.33. The number of hydrogen-bond donors (Lipinski definition) is 1. The molecule has 170 valence electrons. The van der Waals surface area contributed by atoms with Gasteiger partial charge in [-0.3, -0.25) is 9.59 Å². The van der Waals surface area contributed by atoms with Crippen molar-refractivity contribution >= 4 is 17.8 Å². The molecule has 9 heteroatoms. The van der Waals surface area contributed by atoms with Gasteiger partial charge in [-0.05, 0) is 30.5 Å². The Morgan fingerprint density at radius 1 is 1.16 bits per heavy atom. The smallest absolute Gasteiger partial charge is 0.251 e. The van der Waals surface area contributed by atoms with Gasteiger partial charge in [-0.2, -0.15) is 0 Å². The molecule has 2 aliphatic heterocycles. The van der Waals surface area contributed by atoms with Crippen LogP contribution in [0.2, 0.25) is 0 Å². The molecule has 3 rings (SSSR count). The molecule has 0 aromatic heterocycles. The maximum absolute atomic E-state index is 12.6. The van der Waals surface area contributed by atoms with Gasteiger partial charge in [0.1, 0.15) is 11.9 Å². The lowest BCUT2D eigenvalue weighted by Gasteiger charge is -2.37. The Kier molecular flexibility index (Phi) is 8.11. The fourth-order valence-corrected chi connectivity index (χ4v) is 3.59. The van der Waals surface area contributed by atoms with E-state index in [1.807, 2.05) is 29.2 Å². The van der Waals surface area contributed by atoms with Gasteiger partial charge in [0, 0.05) is 46.9 Å². The molecule has 2 saturated heterocycles. The predicted molar refractivity (Wildman–Crippen MR) is 118 cm³/mol. The first-order valence-corrected chi connectivity index (χ1v) is 10.7. The average Bonchev–Trinajstić information content (AvgIpc) is 3.34. The van der Waals surface area contributed by atoms with E-state index in [0.29, 0.717) is 45.3 Å². The van der Waals surface area contributed by atoms with Gasteiger partial charge in [0.05, 0.1) is 20.2 Å². The highest BCUT2D eigenvalue weighted by Crippen LogP contribution is 2.16. The Morgan fingerprint density at radius 3 is 2.42 bits per heavy atom. The highest BCUT2D eigenvalue weighted by atomic mass is 16.5. The zero-order chi connectivity index (χ0) is 22.2. The van der Waals surface area contributed by atoms with Crippen LogP contribution in [-0.4, -0.2) is 99.1 Å². The zero-order valence-corrected chi connectivity index (χ0v) is 18.7. The minimum Gasteiger partial charge on any atom is -0.497 e. The Bertz CT molecular complexity index is 767. The van der Waals surface area contributed by atoms with E-state index < -0.39 is 0 Å². The maximum Gasteiger partial charge on any atom is 0.251 e. The van der Waals surface area contributed by atoms with Crippen molar-refractivity contribution in [2.45, 2.75) is 25.5 Å². The van der Waals surface area contributed by atoms with Crippen molar-refractivity contribution in [3.63, 3.8) is 0 Å². The van der Waals surface area contributed by atoms with E-state index in [1.54, 1.807) is 26.1 Å². The SMILES string of the molecule is COc1ccc(CN=C(NCC(=O)N(C)C)N2CCN(C(=O)C3CCCO3)CC2)cc1. The summed E-state index contributed by atoms with van der Waals surface area (Å²) in [5, 5.41) is 3.19. The molecule has 2 aliphatic rings. The molecule has 1 unspecified atom stereocenters. The first-order chi connectivity index (χ1) is 15.0. The summed E-state index contributed by atoms with van der Waals surface area (Å²) in [5.74, 6) is 1.54. The van der Waals surface area contributed by atoms with Crippen molar-refractivity contribution in [2.24, 2.45) is 4.99 Å². The second-order valence-corrected chi connectivity index (χ2v) is 7.94. The molecule has 1 N–H and O–H groups in total. The number of benzene rings is 1. The van der Waals surface area contributed by atoms with Gasteiger partial charge in [0.2, 0.25) is 5.91 Å². The number of nitrogens with zero attached hydrogens (tertiary/aromatic N) is 4. The van der Waals surface area contributed by atoms with Crippen molar-refractivity contribution < 1.29 is 19.1 Å². The van der Waals surface area contributed by atoms with Crippen molar-refractivity contribution in [3.8, 4) is 5.75 Å². The summed E-state index contributed by atoms with van der Waals surface area (Å²) in [7, 11) is 5.10. The van der Waals surface area contributed by atoms with Crippen LogP contribution in [0.1, 0.15) is 18.4 Å². The van der Waals surface area contributed by atoms with Crippen molar-refractivity contribution in [3.05, 3.63) is 29.8 Å². The van der Waals surface area contributed by atoms with Crippen LogP contribution in [0.15, 0.2) is 29.3 Å². The van der Waals surface area contributed by atoms with Crippen molar-refractivity contribution in [1.29, 1.82) is 0 Å². The highest BCUT2D eigenvalue weighted by Gasteiger charge is 2.31. The molecule has 2 amide bonds. The third-order valence-electron chi connectivity index (χ3n) is 5.56. The third-order valence-corrected chi connectivity index (χ3v) is 5.56. The van der Waals surface area contributed by atoms with Gasteiger partial charge < -0.3 is 29.5 Å². The molecule has 0 spiro atoms. The number of piperazine rings is 1. The first-order valence-electron chi connectivity index (χ1n) is 10.7. The summed E-state index contributed by atoms with van der Waals surface area (Å²) in [5.41, 5.74) is 1.05.